The van der Waals surface area contributed by atoms with Crippen LogP contribution in [0.1, 0.15) is 35.8 Å². The largest absolute Gasteiger partial charge is 0.495 e. The van der Waals surface area contributed by atoms with Crippen LogP contribution >= 0.6 is 11.6 Å². The lowest BCUT2D eigenvalue weighted by Crippen LogP contribution is -2.28. The predicted molar refractivity (Wildman–Crippen MR) is 101 cm³/mol. The number of rotatable bonds is 7. The maximum Gasteiger partial charge on any atom is 0.251 e. The third kappa shape index (κ3) is 4.75. The van der Waals surface area contributed by atoms with Crippen LogP contribution in [0.15, 0.2) is 47.4 Å². The van der Waals surface area contributed by atoms with E-state index in [1.165, 1.54) is 25.3 Å². The molecular formula is C18H21ClN2O4S. The number of hydrogen-bond donors (Lipinski definition) is 2. The summed E-state index contributed by atoms with van der Waals surface area (Å²) in [6.07, 6.45) is 0. The Bertz CT molecular complexity index is 883. The SMILES string of the molecule is CCNS(=O)(=O)c1cc(C(=O)N[C@@H](C)c2ccc(Cl)cc2)ccc1OC. The maximum atomic E-state index is 12.5. The van der Waals surface area contributed by atoms with Crippen molar-refractivity contribution in [3.63, 3.8) is 0 Å². The third-order valence-corrected chi connectivity index (χ3v) is 5.59. The van der Waals surface area contributed by atoms with E-state index in [4.69, 9.17) is 16.3 Å². The lowest BCUT2D eigenvalue weighted by Gasteiger charge is -2.16. The van der Waals surface area contributed by atoms with Gasteiger partial charge in [0.15, 0.2) is 0 Å². The summed E-state index contributed by atoms with van der Waals surface area (Å²) in [6, 6.07) is 11.2. The van der Waals surface area contributed by atoms with Crippen molar-refractivity contribution in [3.05, 3.63) is 58.6 Å². The second-order valence-corrected chi connectivity index (χ2v) is 7.79. The van der Waals surface area contributed by atoms with Crippen LogP contribution in [0, 0.1) is 0 Å². The highest BCUT2D eigenvalue weighted by atomic mass is 35.5. The topological polar surface area (TPSA) is 84.5 Å². The number of hydrogen-bond acceptors (Lipinski definition) is 4. The summed E-state index contributed by atoms with van der Waals surface area (Å²) >= 11 is 5.87. The molecule has 0 radical (unpaired) electrons. The number of benzene rings is 2. The van der Waals surface area contributed by atoms with E-state index in [9.17, 15) is 13.2 Å². The van der Waals surface area contributed by atoms with E-state index in [2.05, 4.69) is 10.0 Å². The molecular weight excluding hydrogens is 376 g/mol. The van der Waals surface area contributed by atoms with Crippen molar-refractivity contribution in [1.29, 1.82) is 0 Å². The van der Waals surface area contributed by atoms with Crippen molar-refractivity contribution in [3.8, 4) is 5.75 Å². The minimum absolute atomic E-state index is 0.0753. The zero-order chi connectivity index (χ0) is 19.3. The highest BCUT2D eigenvalue weighted by molar-refractivity contribution is 7.89. The molecule has 6 nitrogen and oxygen atoms in total. The molecule has 1 amide bonds. The van der Waals surface area contributed by atoms with Gasteiger partial charge in [0.05, 0.1) is 13.2 Å². The molecule has 0 aliphatic heterocycles. The van der Waals surface area contributed by atoms with E-state index in [-0.39, 0.29) is 34.7 Å². The summed E-state index contributed by atoms with van der Waals surface area (Å²) in [5.41, 5.74) is 1.11. The smallest absolute Gasteiger partial charge is 0.251 e. The first kappa shape index (κ1) is 20.2. The van der Waals surface area contributed by atoms with Crippen molar-refractivity contribution < 1.29 is 17.9 Å². The quantitative estimate of drug-likeness (QED) is 0.753. The van der Waals surface area contributed by atoms with Gasteiger partial charge in [-0.15, -0.1) is 0 Å². The lowest BCUT2D eigenvalue weighted by molar-refractivity contribution is 0.0939. The molecule has 0 unspecified atom stereocenters. The number of carbonyl (C=O) groups is 1. The predicted octanol–water partition coefficient (Wildman–Crippen LogP) is 3.14. The molecule has 0 bridgehead atoms. The number of nitrogens with one attached hydrogen (secondary N) is 2. The first-order valence-electron chi connectivity index (χ1n) is 8.02. The van der Waals surface area contributed by atoms with E-state index in [0.29, 0.717) is 5.02 Å². The Kier molecular flexibility index (Phi) is 6.63. The van der Waals surface area contributed by atoms with Crippen LogP contribution in [-0.4, -0.2) is 28.0 Å². The van der Waals surface area contributed by atoms with E-state index < -0.39 is 10.0 Å². The lowest BCUT2D eigenvalue weighted by atomic mass is 10.1. The number of methoxy groups -OCH3 is 1. The third-order valence-electron chi connectivity index (χ3n) is 3.77. The number of halogens is 1. The average Bonchev–Trinajstić information content (AvgIpc) is 2.61. The molecule has 0 aliphatic carbocycles. The van der Waals surface area contributed by atoms with Crippen molar-refractivity contribution >= 4 is 27.5 Å². The number of ether oxygens (including phenoxy) is 1. The van der Waals surface area contributed by atoms with Gasteiger partial charge in [0.2, 0.25) is 10.0 Å². The van der Waals surface area contributed by atoms with Gasteiger partial charge in [-0.25, -0.2) is 13.1 Å². The molecule has 26 heavy (non-hydrogen) atoms. The van der Waals surface area contributed by atoms with Crippen molar-refractivity contribution in [1.82, 2.24) is 10.0 Å². The second kappa shape index (κ2) is 8.53. The summed E-state index contributed by atoms with van der Waals surface area (Å²) in [5.74, 6) is -0.212. The van der Waals surface area contributed by atoms with Crippen LogP contribution in [0.25, 0.3) is 0 Å². The number of sulfonamides is 1. The Morgan fingerprint density at radius 2 is 1.85 bits per heavy atom. The first-order chi connectivity index (χ1) is 12.3. The van der Waals surface area contributed by atoms with Crippen LogP contribution in [0.3, 0.4) is 0 Å². The van der Waals surface area contributed by atoms with Gasteiger partial charge in [-0.3, -0.25) is 4.79 Å². The normalized spacial score (nSPS) is 12.5. The molecule has 1 atom stereocenters. The van der Waals surface area contributed by atoms with Gasteiger partial charge in [0.1, 0.15) is 10.6 Å². The van der Waals surface area contributed by atoms with E-state index in [1.54, 1.807) is 19.1 Å². The molecule has 8 heteroatoms. The fourth-order valence-electron chi connectivity index (χ4n) is 2.41. The Labute approximate surface area is 158 Å². The minimum atomic E-state index is -3.76. The van der Waals surface area contributed by atoms with Gasteiger partial charge in [0, 0.05) is 17.1 Å². The van der Waals surface area contributed by atoms with Crippen molar-refractivity contribution in [2.45, 2.75) is 24.8 Å². The van der Waals surface area contributed by atoms with E-state index in [1.807, 2.05) is 19.1 Å². The van der Waals surface area contributed by atoms with Gasteiger partial charge in [-0.1, -0.05) is 30.7 Å². The molecule has 2 N–H and O–H groups in total. The van der Waals surface area contributed by atoms with Crippen LogP contribution in [0.2, 0.25) is 5.02 Å². The van der Waals surface area contributed by atoms with E-state index >= 15 is 0 Å². The monoisotopic (exact) mass is 396 g/mol. The first-order valence-corrected chi connectivity index (χ1v) is 9.88. The van der Waals surface area contributed by atoms with Gasteiger partial charge >= 0.3 is 0 Å². The van der Waals surface area contributed by atoms with Gasteiger partial charge in [-0.05, 0) is 42.8 Å². The summed E-state index contributed by atoms with van der Waals surface area (Å²) in [5, 5.41) is 3.45. The van der Waals surface area contributed by atoms with Crippen LogP contribution in [0.4, 0.5) is 0 Å². The molecule has 2 aromatic rings. The Balaban J connectivity index is 2.27. The van der Waals surface area contributed by atoms with Gasteiger partial charge < -0.3 is 10.1 Å². The van der Waals surface area contributed by atoms with Crippen molar-refractivity contribution in [2.75, 3.05) is 13.7 Å². The van der Waals surface area contributed by atoms with Crippen LogP contribution < -0.4 is 14.8 Å². The molecule has 2 rings (SSSR count). The minimum Gasteiger partial charge on any atom is -0.495 e. The zero-order valence-electron chi connectivity index (χ0n) is 14.7. The maximum absolute atomic E-state index is 12.5. The molecule has 2 aromatic carbocycles. The Morgan fingerprint density at radius 3 is 2.42 bits per heavy atom. The molecule has 0 fully saturated rings. The number of carbonyl (C=O) groups excluding carboxylic acids is 1. The summed E-state index contributed by atoms with van der Waals surface area (Å²) in [6.45, 7) is 3.74. The Morgan fingerprint density at radius 1 is 1.19 bits per heavy atom. The average molecular weight is 397 g/mol. The fraction of sp³-hybridized carbons (Fsp3) is 0.278. The zero-order valence-corrected chi connectivity index (χ0v) is 16.3. The molecule has 0 spiro atoms. The van der Waals surface area contributed by atoms with Gasteiger partial charge in [-0.2, -0.15) is 0 Å². The number of amides is 1. The molecule has 0 heterocycles. The molecule has 140 valence electrons. The summed E-state index contributed by atoms with van der Waals surface area (Å²) in [4.78, 5) is 12.5. The summed E-state index contributed by atoms with van der Waals surface area (Å²) < 4.78 is 32.2. The molecule has 0 saturated heterocycles. The van der Waals surface area contributed by atoms with Crippen LogP contribution in [-0.2, 0) is 10.0 Å². The molecule has 0 aliphatic rings. The standard InChI is InChI=1S/C18H21ClN2O4S/c1-4-20-26(23,24)17-11-14(7-10-16(17)25-3)18(22)21-12(2)13-5-8-15(19)9-6-13/h5-12,20H,4H2,1-3H3,(H,21,22)/t12-/m0/s1. The highest BCUT2D eigenvalue weighted by Gasteiger charge is 2.21. The Hall–Kier alpha value is -2.09. The summed E-state index contributed by atoms with van der Waals surface area (Å²) in [7, 11) is -2.39. The van der Waals surface area contributed by atoms with E-state index in [0.717, 1.165) is 5.56 Å². The van der Waals surface area contributed by atoms with Crippen molar-refractivity contribution in [2.24, 2.45) is 0 Å². The molecule has 0 aromatic heterocycles. The highest BCUT2D eigenvalue weighted by Crippen LogP contribution is 2.25. The second-order valence-electron chi connectivity index (χ2n) is 5.61. The fourth-order valence-corrected chi connectivity index (χ4v) is 3.77. The van der Waals surface area contributed by atoms with Crippen LogP contribution in [0.5, 0.6) is 5.75 Å². The van der Waals surface area contributed by atoms with Gasteiger partial charge in [0.25, 0.3) is 5.91 Å². The molecule has 0 saturated carbocycles.